The van der Waals surface area contributed by atoms with Crippen molar-refractivity contribution in [3.05, 3.63) is 65.2 Å². The number of imide groups is 1. The lowest BCUT2D eigenvalue weighted by molar-refractivity contribution is -0.674. The minimum Gasteiger partial charge on any atom is -0.335 e. The van der Waals surface area contributed by atoms with Gasteiger partial charge in [0.25, 0.3) is 5.91 Å². The minimum atomic E-state index is -0.342. The largest absolute Gasteiger partial charge is 0.335 e. The van der Waals surface area contributed by atoms with Gasteiger partial charge in [0, 0.05) is 11.4 Å². The van der Waals surface area contributed by atoms with E-state index in [2.05, 4.69) is 0 Å². The number of nitrogens with two attached hydrogens (primary N) is 1. The van der Waals surface area contributed by atoms with Crippen molar-refractivity contribution in [1.82, 2.24) is 0 Å². The van der Waals surface area contributed by atoms with Crippen molar-refractivity contribution in [2.24, 2.45) is 0 Å². The third-order valence-electron chi connectivity index (χ3n) is 4.02. The van der Waals surface area contributed by atoms with Gasteiger partial charge in [-0.1, -0.05) is 48.0 Å². The van der Waals surface area contributed by atoms with Crippen LogP contribution in [0.5, 0.6) is 0 Å². The fraction of sp³-hybridized carbons (Fsp3) is 0.222. The van der Waals surface area contributed by atoms with E-state index in [1.54, 1.807) is 12.1 Å². The zero-order chi connectivity index (χ0) is 16.2. The summed E-state index contributed by atoms with van der Waals surface area (Å²) in [6.45, 7) is 0.718. The molecule has 2 N–H and O–H groups in total. The molecule has 1 saturated heterocycles. The first-order chi connectivity index (χ1) is 11.2. The van der Waals surface area contributed by atoms with Crippen LogP contribution >= 0.6 is 11.6 Å². The maximum Gasteiger partial charge on any atom is 0.292 e. The Morgan fingerprint density at radius 3 is 2.48 bits per heavy atom. The molecular weight excluding hydrogens is 312 g/mol. The van der Waals surface area contributed by atoms with Gasteiger partial charge in [-0.05, 0) is 23.8 Å². The Kier molecular flexibility index (Phi) is 4.74. The van der Waals surface area contributed by atoms with Crippen LogP contribution in [-0.2, 0) is 16.0 Å². The normalized spacial score (nSPS) is 17.8. The van der Waals surface area contributed by atoms with Gasteiger partial charge in [0.1, 0.15) is 0 Å². The molecule has 118 valence electrons. The van der Waals surface area contributed by atoms with Crippen molar-refractivity contribution in [1.29, 1.82) is 0 Å². The predicted octanol–water partition coefficient (Wildman–Crippen LogP) is 1.78. The summed E-state index contributed by atoms with van der Waals surface area (Å²) in [5, 5.41) is 2.67. The SMILES string of the molecule is O=C1C[C@H]([NH2+]CCc2ccccc2Cl)C(=O)N1c1ccccc1. The number of hydrogen-bond donors (Lipinski definition) is 1. The summed E-state index contributed by atoms with van der Waals surface area (Å²) >= 11 is 6.13. The van der Waals surface area contributed by atoms with E-state index in [9.17, 15) is 9.59 Å². The lowest BCUT2D eigenvalue weighted by atomic mass is 10.1. The number of carbonyl (C=O) groups excluding carboxylic acids is 2. The van der Waals surface area contributed by atoms with E-state index in [4.69, 9.17) is 11.6 Å². The van der Waals surface area contributed by atoms with Crippen LogP contribution in [0.15, 0.2) is 54.6 Å². The second-order valence-corrected chi connectivity index (χ2v) is 5.99. The first-order valence-corrected chi connectivity index (χ1v) is 8.03. The smallest absolute Gasteiger partial charge is 0.292 e. The maximum absolute atomic E-state index is 12.5. The highest BCUT2D eigenvalue weighted by Crippen LogP contribution is 2.21. The lowest BCUT2D eigenvalue weighted by Crippen LogP contribution is -2.92. The van der Waals surface area contributed by atoms with E-state index in [1.165, 1.54) is 4.90 Å². The molecule has 4 nitrogen and oxygen atoms in total. The molecule has 1 aliphatic heterocycles. The van der Waals surface area contributed by atoms with Crippen LogP contribution < -0.4 is 10.2 Å². The number of hydrogen-bond acceptors (Lipinski definition) is 2. The highest BCUT2D eigenvalue weighted by molar-refractivity contribution is 6.31. The topological polar surface area (TPSA) is 54.0 Å². The Balaban J connectivity index is 1.61. The summed E-state index contributed by atoms with van der Waals surface area (Å²) in [5.74, 6) is -0.277. The van der Waals surface area contributed by atoms with E-state index in [0.29, 0.717) is 5.69 Å². The molecule has 0 spiro atoms. The molecule has 1 heterocycles. The Hall–Kier alpha value is -2.17. The molecule has 0 radical (unpaired) electrons. The number of amides is 2. The number of halogens is 1. The molecule has 2 aromatic carbocycles. The molecule has 1 fully saturated rings. The summed E-state index contributed by atoms with van der Waals surface area (Å²) in [6.07, 6.45) is 1.01. The molecule has 0 bridgehead atoms. The molecule has 1 atom stereocenters. The Bertz CT molecular complexity index is 718. The molecular formula is C18H18ClN2O2+. The summed E-state index contributed by atoms with van der Waals surface area (Å²) < 4.78 is 0. The highest BCUT2D eigenvalue weighted by atomic mass is 35.5. The van der Waals surface area contributed by atoms with Gasteiger partial charge in [0.2, 0.25) is 5.91 Å². The van der Waals surface area contributed by atoms with E-state index >= 15 is 0 Å². The van der Waals surface area contributed by atoms with Crippen molar-refractivity contribution in [3.63, 3.8) is 0 Å². The molecule has 2 aromatic rings. The number of quaternary nitrogens is 1. The van der Waals surface area contributed by atoms with Gasteiger partial charge in [-0.2, -0.15) is 0 Å². The van der Waals surface area contributed by atoms with Gasteiger partial charge in [-0.25, -0.2) is 4.90 Å². The van der Waals surface area contributed by atoms with E-state index in [0.717, 1.165) is 23.6 Å². The van der Waals surface area contributed by atoms with Crippen molar-refractivity contribution < 1.29 is 14.9 Å². The fourth-order valence-corrected chi connectivity index (χ4v) is 3.06. The first-order valence-electron chi connectivity index (χ1n) is 7.65. The standard InChI is InChI=1S/C18H17ClN2O2/c19-15-9-5-4-6-13(15)10-11-20-16-12-17(22)21(18(16)23)14-7-2-1-3-8-14/h1-9,16,20H,10-12H2/p+1/t16-/m0/s1. The number of rotatable bonds is 5. The molecule has 1 aliphatic rings. The molecule has 23 heavy (non-hydrogen) atoms. The second kappa shape index (κ2) is 6.94. The second-order valence-electron chi connectivity index (χ2n) is 5.58. The summed E-state index contributed by atoms with van der Waals surface area (Å²) in [4.78, 5) is 25.9. The Morgan fingerprint density at radius 2 is 1.74 bits per heavy atom. The molecule has 3 rings (SSSR count). The third kappa shape index (κ3) is 3.44. The van der Waals surface area contributed by atoms with Gasteiger partial charge in [-0.15, -0.1) is 0 Å². The van der Waals surface area contributed by atoms with Crippen LogP contribution in [0.25, 0.3) is 0 Å². The third-order valence-corrected chi connectivity index (χ3v) is 4.39. The predicted molar refractivity (Wildman–Crippen MR) is 89.3 cm³/mol. The molecule has 5 heteroatoms. The molecule has 0 unspecified atom stereocenters. The van der Waals surface area contributed by atoms with Crippen LogP contribution in [0.4, 0.5) is 5.69 Å². The number of anilines is 1. The molecule has 0 aromatic heterocycles. The summed E-state index contributed by atoms with van der Waals surface area (Å²) in [6, 6.07) is 16.4. The molecule has 0 saturated carbocycles. The monoisotopic (exact) mass is 329 g/mol. The highest BCUT2D eigenvalue weighted by Gasteiger charge is 2.41. The van der Waals surface area contributed by atoms with Gasteiger partial charge >= 0.3 is 0 Å². The minimum absolute atomic E-state index is 0.139. The van der Waals surface area contributed by atoms with Gasteiger partial charge < -0.3 is 5.32 Å². The molecule has 2 amide bonds. The van der Waals surface area contributed by atoms with Crippen LogP contribution in [0.2, 0.25) is 5.02 Å². The average Bonchev–Trinajstić information content (AvgIpc) is 2.84. The van der Waals surface area contributed by atoms with Crippen LogP contribution in [0.1, 0.15) is 12.0 Å². The lowest BCUT2D eigenvalue weighted by Gasteiger charge is -2.14. The number of nitrogens with zero attached hydrogens (tertiary/aromatic N) is 1. The number of benzene rings is 2. The van der Waals surface area contributed by atoms with Crippen molar-refractivity contribution in [2.45, 2.75) is 18.9 Å². The van der Waals surface area contributed by atoms with Crippen LogP contribution in [0.3, 0.4) is 0 Å². The molecule has 0 aliphatic carbocycles. The number of carbonyl (C=O) groups is 2. The van der Waals surface area contributed by atoms with Crippen LogP contribution in [0, 0.1) is 0 Å². The van der Waals surface area contributed by atoms with Gasteiger partial charge in [0.05, 0.1) is 18.7 Å². The van der Waals surface area contributed by atoms with Crippen molar-refractivity contribution in [2.75, 3.05) is 11.4 Å². The summed E-state index contributed by atoms with van der Waals surface area (Å²) in [5.41, 5.74) is 1.70. The fourth-order valence-electron chi connectivity index (χ4n) is 2.83. The van der Waals surface area contributed by atoms with Crippen molar-refractivity contribution >= 4 is 29.1 Å². The first kappa shape index (κ1) is 15.7. The zero-order valence-corrected chi connectivity index (χ0v) is 13.4. The number of para-hydroxylation sites is 1. The van der Waals surface area contributed by atoms with Crippen molar-refractivity contribution in [3.8, 4) is 0 Å². The van der Waals surface area contributed by atoms with E-state index in [1.807, 2.05) is 47.8 Å². The quantitative estimate of drug-likeness (QED) is 0.850. The maximum atomic E-state index is 12.5. The zero-order valence-electron chi connectivity index (χ0n) is 12.6. The van der Waals surface area contributed by atoms with Gasteiger partial charge in [0.15, 0.2) is 6.04 Å². The van der Waals surface area contributed by atoms with E-state index in [-0.39, 0.29) is 24.3 Å². The van der Waals surface area contributed by atoms with E-state index < -0.39 is 0 Å². The average molecular weight is 330 g/mol. The summed E-state index contributed by atoms with van der Waals surface area (Å²) in [7, 11) is 0. The van der Waals surface area contributed by atoms with Gasteiger partial charge in [-0.3, -0.25) is 9.59 Å². The Morgan fingerprint density at radius 1 is 1.04 bits per heavy atom. The Labute approximate surface area is 140 Å². The van der Waals surface area contributed by atoms with Crippen LogP contribution in [-0.4, -0.2) is 24.4 Å².